The van der Waals surface area contributed by atoms with Gasteiger partial charge in [-0.2, -0.15) is 0 Å². The van der Waals surface area contributed by atoms with Gasteiger partial charge in [-0.25, -0.2) is 0 Å². The third-order valence-corrected chi connectivity index (χ3v) is 2.55. The molecular weight excluding hydrogens is 246 g/mol. The highest BCUT2D eigenvalue weighted by Gasteiger charge is 2.20. The Bertz CT molecular complexity index is 350. The second-order valence-electron chi connectivity index (χ2n) is 3.22. The first-order chi connectivity index (χ1) is 6.75. The summed E-state index contributed by atoms with van der Waals surface area (Å²) >= 11 is 3.32. The Morgan fingerprint density at radius 1 is 1.50 bits per heavy atom. The van der Waals surface area contributed by atoms with E-state index in [4.69, 9.17) is 4.74 Å². The van der Waals surface area contributed by atoms with Crippen LogP contribution in [0.4, 0.5) is 0 Å². The second-order valence-corrected chi connectivity index (χ2v) is 4.13. The number of rotatable bonds is 2. The lowest BCUT2D eigenvalue weighted by Crippen LogP contribution is -2.48. The normalized spacial score (nSPS) is 16.1. The predicted molar refractivity (Wildman–Crippen MR) is 56.2 cm³/mol. The molecular formula is C10H10BrNO2. The molecule has 1 N–H and O–H groups in total. The van der Waals surface area contributed by atoms with Crippen molar-refractivity contribution in [2.24, 2.45) is 0 Å². The molecule has 1 aliphatic heterocycles. The van der Waals surface area contributed by atoms with Crippen molar-refractivity contribution >= 4 is 21.8 Å². The van der Waals surface area contributed by atoms with Crippen molar-refractivity contribution in [3.05, 3.63) is 34.3 Å². The number of hydrogen-bond acceptors (Lipinski definition) is 2. The average Bonchev–Trinajstić information content (AvgIpc) is 2.11. The molecule has 1 saturated heterocycles. The topological polar surface area (TPSA) is 38.3 Å². The predicted octanol–water partition coefficient (Wildman–Crippen LogP) is 1.58. The van der Waals surface area contributed by atoms with Gasteiger partial charge in [-0.05, 0) is 18.2 Å². The number of ether oxygens (including phenoxy) is 1. The summed E-state index contributed by atoms with van der Waals surface area (Å²) in [6.07, 6.45) is 0. The fourth-order valence-corrected chi connectivity index (χ4v) is 1.62. The molecule has 1 amide bonds. The summed E-state index contributed by atoms with van der Waals surface area (Å²) in [5.41, 5.74) is 0.672. The van der Waals surface area contributed by atoms with Crippen molar-refractivity contribution in [1.29, 1.82) is 0 Å². The molecule has 1 aromatic carbocycles. The lowest BCUT2D eigenvalue weighted by atomic mass is 10.2. The van der Waals surface area contributed by atoms with Gasteiger partial charge >= 0.3 is 0 Å². The molecule has 74 valence electrons. The molecule has 14 heavy (non-hydrogen) atoms. The van der Waals surface area contributed by atoms with Gasteiger partial charge in [0.05, 0.1) is 19.3 Å². The molecule has 2 rings (SSSR count). The van der Waals surface area contributed by atoms with Crippen LogP contribution in [0.5, 0.6) is 0 Å². The Morgan fingerprint density at radius 2 is 2.29 bits per heavy atom. The monoisotopic (exact) mass is 255 g/mol. The lowest BCUT2D eigenvalue weighted by molar-refractivity contribution is -0.00346. The smallest absolute Gasteiger partial charge is 0.251 e. The summed E-state index contributed by atoms with van der Waals surface area (Å²) in [4.78, 5) is 11.6. The standard InChI is InChI=1S/C10H10BrNO2/c11-8-3-1-2-7(4-8)10(13)12-9-5-14-6-9/h1-4,9H,5-6H2,(H,12,13). The van der Waals surface area contributed by atoms with E-state index in [-0.39, 0.29) is 11.9 Å². The maximum atomic E-state index is 11.6. The van der Waals surface area contributed by atoms with Crippen LogP contribution in [0.2, 0.25) is 0 Å². The Morgan fingerprint density at radius 3 is 2.86 bits per heavy atom. The van der Waals surface area contributed by atoms with Crippen LogP contribution in [0, 0.1) is 0 Å². The van der Waals surface area contributed by atoms with Gasteiger partial charge < -0.3 is 10.1 Å². The molecule has 0 aliphatic carbocycles. The molecule has 3 nitrogen and oxygen atoms in total. The number of nitrogens with one attached hydrogen (secondary N) is 1. The highest BCUT2D eigenvalue weighted by molar-refractivity contribution is 9.10. The van der Waals surface area contributed by atoms with Gasteiger partial charge in [0.2, 0.25) is 0 Å². The molecule has 1 aromatic rings. The van der Waals surface area contributed by atoms with Crippen molar-refractivity contribution in [2.75, 3.05) is 13.2 Å². The Hall–Kier alpha value is -0.870. The molecule has 1 fully saturated rings. The van der Waals surface area contributed by atoms with Crippen LogP contribution >= 0.6 is 15.9 Å². The van der Waals surface area contributed by atoms with E-state index in [1.54, 1.807) is 12.1 Å². The minimum absolute atomic E-state index is 0.0420. The summed E-state index contributed by atoms with van der Waals surface area (Å²) in [5.74, 6) is -0.0420. The number of amides is 1. The zero-order valence-electron chi connectivity index (χ0n) is 7.50. The third kappa shape index (κ3) is 2.13. The van der Waals surface area contributed by atoms with Crippen molar-refractivity contribution in [3.8, 4) is 0 Å². The molecule has 1 heterocycles. The molecule has 0 atom stereocenters. The van der Waals surface area contributed by atoms with Crippen molar-refractivity contribution in [3.63, 3.8) is 0 Å². The summed E-state index contributed by atoms with van der Waals surface area (Å²) in [5, 5.41) is 2.88. The first-order valence-corrected chi connectivity index (χ1v) is 5.19. The zero-order chi connectivity index (χ0) is 9.97. The summed E-state index contributed by atoms with van der Waals surface area (Å²) < 4.78 is 5.88. The minimum atomic E-state index is -0.0420. The van der Waals surface area contributed by atoms with Gasteiger partial charge in [0.15, 0.2) is 0 Å². The van der Waals surface area contributed by atoms with Crippen LogP contribution < -0.4 is 5.32 Å². The maximum Gasteiger partial charge on any atom is 0.251 e. The van der Waals surface area contributed by atoms with Gasteiger partial charge in [-0.15, -0.1) is 0 Å². The summed E-state index contributed by atoms with van der Waals surface area (Å²) in [7, 11) is 0. The Balaban J connectivity index is 2.02. The van der Waals surface area contributed by atoms with E-state index >= 15 is 0 Å². The van der Waals surface area contributed by atoms with E-state index in [2.05, 4.69) is 21.2 Å². The fraction of sp³-hybridized carbons (Fsp3) is 0.300. The highest BCUT2D eigenvalue weighted by atomic mass is 79.9. The fourth-order valence-electron chi connectivity index (χ4n) is 1.22. The summed E-state index contributed by atoms with van der Waals surface area (Å²) in [6, 6.07) is 7.51. The number of hydrogen-bond donors (Lipinski definition) is 1. The van der Waals surface area contributed by atoms with E-state index in [0.29, 0.717) is 18.8 Å². The molecule has 4 heteroatoms. The molecule has 0 aromatic heterocycles. The van der Waals surface area contributed by atoms with E-state index in [1.165, 1.54) is 0 Å². The van der Waals surface area contributed by atoms with Crippen LogP contribution in [0.15, 0.2) is 28.7 Å². The summed E-state index contributed by atoms with van der Waals surface area (Å²) in [6.45, 7) is 1.25. The maximum absolute atomic E-state index is 11.6. The van der Waals surface area contributed by atoms with Crippen LogP contribution in [0.25, 0.3) is 0 Å². The van der Waals surface area contributed by atoms with Crippen LogP contribution in [-0.4, -0.2) is 25.2 Å². The Kier molecular flexibility index (Phi) is 2.84. The van der Waals surface area contributed by atoms with Crippen molar-refractivity contribution in [2.45, 2.75) is 6.04 Å². The van der Waals surface area contributed by atoms with E-state index in [9.17, 15) is 4.79 Å². The second kappa shape index (κ2) is 4.11. The van der Waals surface area contributed by atoms with Gasteiger partial charge in [0.1, 0.15) is 0 Å². The van der Waals surface area contributed by atoms with Crippen molar-refractivity contribution in [1.82, 2.24) is 5.32 Å². The number of carbonyl (C=O) groups excluding carboxylic acids is 1. The molecule has 0 saturated carbocycles. The van der Waals surface area contributed by atoms with E-state index in [1.807, 2.05) is 12.1 Å². The number of carbonyl (C=O) groups is 1. The van der Waals surface area contributed by atoms with Gasteiger partial charge in [-0.3, -0.25) is 4.79 Å². The molecule has 0 unspecified atom stereocenters. The van der Waals surface area contributed by atoms with Crippen LogP contribution in [0.1, 0.15) is 10.4 Å². The first kappa shape index (κ1) is 9.68. The average molecular weight is 256 g/mol. The van der Waals surface area contributed by atoms with Gasteiger partial charge in [0, 0.05) is 10.0 Å². The minimum Gasteiger partial charge on any atom is -0.377 e. The quantitative estimate of drug-likeness (QED) is 0.872. The largest absolute Gasteiger partial charge is 0.377 e. The van der Waals surface area contributed by atoms with Crippen LogP contribution in [0.3, 0.4) is 0 Å². The lowest BCUT2D eigenvalue weighted by Gasteiger charge is -2.26. The third-order valence-electron chi connectivity index (χ3n) is 2.06. The van der Waals surface area contributed by atoms with Crippen LogP contribution in [-0.2, 0) is 4.74 Å². The molecule has 0 bridgehead atoms. The molecule has 0 radical (unpaired) electrons. The van der Waals surface area contributed by atoms with E-state index < -0.39 is 0 Å². The van der Waals surface area contributed by atoms with Gasteiger partial charge in [-0.1, -0.05) is 22.0 Å². The molecule has 1 aliphatic rings. The van der Waals surface area contributed by atoms with Crippen molar-refractivity contribution < 1.29 is 9.53 Å². The first-order valence-electron chi connectivity index (χ1n) is 4.40. The highest BCUT2D eigenvalue weighted by Crippen LogP contribution is 2.12. The molecule has 0 spiro atoms. The van der Waals surface area contributed by atoms with E-state index in [0.717, 1.165) is 4.47 Å². The van der Waals surface area contributed by atoms with Gasteiger partial charge in [0.25, 0.3) is 5.91 Å². The zero-order valence-corrected chi connectivity index (χ0v) is 9.08. The number of benzene rings is 1. The Labute approximate surface area is 90.6 Å². The SMILES string of the molecule is O=C(NC1COC1)c1cccc(Br)c1. The number of halogens is 1.